The fourth-order valence-electron chi connectivity index (χ4n) is 3.05. The minimum atomic E-state index is -4.46. The molecule has 1 saturated heterocycles. The monoisotopic (exact) mass is 378 g/mol. The van der Waals surface area contributed by atoms with Gasteiger partial charge in [0.15, 0.2) is 0 Å². The van der Waals surface area contributed by atoms with Crippen molar-refractivity contribution >= 4 is 11.6 Å². The number of ether oxygens (including phenoxy) is 1. The van der Waals surface area contributed by atoms with Gasteiger partial charge in [0.05, 0.1) is 11.7 Å². The van der Waals surface area contributed by atoms with Gasteiger partial charge in [0.25, 0.3) is 0 Å². The molecule has 0 spiro atoms. The molecule has 1 amide bonds. The second-order valence-corrected chi connectivity index (χ2v) is 6.45. The molecule has 0 aromatic heterocycles. The van der Waals surface area contributed by atoms with Crippen molar-refractivity contribution in [3.8, 4) is 0 Å². The highest BCUT2D eigenvalue weighted by Gasteiger charge is 2.31. The van der Waals surface area contributed by atoms with E-state index in [0.717, 1.165) is 30.5 Å². The van der Waals surface area contributed by atoms with Gasteiger partial charge >= 0.3 is 6.18 Å². The first-order valence-corrected chi connectivity index (χ1v) is 8.81. The molecule has 4 nitrogen and oxygen atoms in total. The normalized spacial score (nSPS) is 18.3. The molecule has 1 aliphatic rings. The summed E-state index contributed by atoms with van der Waals surface area (Å²) in [7, 11) is 0. The van der Waals surface area contributed by atoms with Crippen LogP contribution in [0.15, 0.2) is 54.6 Å². The highest BCUT2D eigenvalue weighted by Crippen LogP contribution is 2.31. The smallest absolute Gasteiger partial charge is 0.377 e. The zero-order chi connectivity index (χ0) is 19.3. The summed E-state index contributed by atoms with van der Waals surface area (Å²) in [4.78, 5) is 12.8. The summed E-state index contributed by atoms with van der Waals surface area (Å²) in [5, 5.41) is 5.77. The van der Waals surface area contributed by atoms with Crippen molar-refractivity contribution in [3.05, 3.63) is 65.7 Å². The number of anilines is 1. The highest BCUT2D eigenvalue weighted by atomic mass is 19.4. The number of rotatable bonds is 6. The number of alkyl halides is 3. The Morgan fingerprint density at radius 1 is 1.15 bits per heavy atom. The van der Waals surface area contributed by atoms with Gasteiger partial charge in [-0.2, -0.15) is 13.2 Å². The Hall–Kier alpha value is -2.38. The van der Waals surface area contributed by atoms with Crippen LogP contribution >= 0.6 is 0 Å². The van der Waals surface area contributed by atoms with Crippen LogP contribution < -0.4 is 10.6 Å². The summed E-state index contributed by atoms with van der Waals surface area (Å²) in [6.07, 6.45) is -2.52. The third-order valence-corrected chi connectivity index (χ3v) is 4.43. The van der Waals surface area contributed by atoms with Gasteiger partial charge in [0.2, 0.25) is 5.91 Å². The van der Waals surface area contributed by atoms with E-state index in [4.69, 9.17) is 4.74 Å². The van der Waals surface area contributed by atoms with Crippen LogP contribution in [-0.4, -0.2) is 25.2 Å². The number of benzene rings is 2. The summed E-state index contributed by atoms with van der Waals surface area (Å²) in [5.74, 6) is -0.418. The predicted molar refractivity (Wildman–Crippen MR) is 96.2 cm³/mol. The SMILES string of the molecule is O=C(Nc1cccc(C(F)(F)F)c1)C(NCC1CCCO1)c1ccccc1. The number of hydrogen-bond acceptors (Lipinski definition) is 3. The van der Waals surface area contributed by atoms with E-state index in [2.05, 4.69) is 10.6 Å². The predicted octanol–water partition coefficient (Wildman–Crippen LogP) is 4.15. The van der Waals surface area contributed by atoms with Crippen molar-refractivity contribution in [1.82, 2.24) is 5.32 Å². The number of carbonyl (C=O) groups is 1. The Morgan fingerprint density at radius 2 is 1.93 bits per heavy atom. The van der Waals surface area contributed by atoms with Crippen molar-refractivity contribution in [2.75, 3.05) is 18.5 Å². The molecule has 0 aliphatic carbocycles. The minimum absolute atomic E-state index is 0.0394. The Labute approximate surface area is 155 Å². The quantitative estimate of drug-likeness (QED) is 0.794. The standard InChI is InChI=1S/C20H21F3N2O2/c21-20(22,23)15-8-4-9-16(12-15)25-19(26)18(14-6-2-1-3-7-14)24-13-17-10-5-11-27-17/h1-4,6-9,12,17-18,24H,5,10-11,13H2,(H,25,26). The largest absolute Gasteiger partial charge is 0.416 e. The van der Waals surface area contributed by atoms with Gasteiger partial charge in [0.1, 0.15) is 6.04 Å². The number of nitrogens with one attached hydrogen (secondary N) is 2. The van der Waals surface area contributed by atoms with Crippen LogP contribution in [0.2, 0.25) is 0 Å². The number of halogens is 3. The summed E-state index contributed by atoms with van der Waals surface area (Å²) >= 11 is 0. The van der Waals surface area contributed by atoms with Gasteiger partial charge in [0, 0.05) is 18.8 Å². The molecule has 2 N–H and O–H groups in total. The minimum Gasteiger partial charge on any atom is -0.377 e. The van der Waals surface area contributed by atoms with Crippen LogP contribution in [0.5, 0.6) is 0 Å². The highest BCUT2D eigenvalue weighted by molar-refractivity contribution is 5.95. The molecule has 0 bridgehead atoms. The second-order valence-electron chi connectivity index (χ2n) is 6.45. The molecule has 144 valence electrons. The molecular weight excluding hydrogens is 357 g/mol. The van der Waals surface area contributed by atoms with E-state index in [-0.39, 0.29) is 11.8 Å². The average molecular weight is 378 g/mol. The van der Waals surface area contributed by atoms with Crippen LogP contribution in [0, 0.1) is 0 Å². The zero-order valence-electron chi connectivity index (χ0n) is 14.6. The number of carbonyl (C=O) groups excluding carboxylic acids is 1. The lowest BCUT2D eigenvalue weighted by molar-refractivity contribution is -0.137. The first-order valence-electron chi connectivity index (χ1n) is 8.81. The maximum atomic E-state index is 12.9. The van der Waals surface area contributed by atoms with E-state index in [1.54, 1.807) is 12.1 Å². The molecule has 1 heterocycles. The Morgan fingerprint density at radius 3 is 2.59 bits per heavy atom. The summed E-state index contributed by atoms with van der Waals surface area (Å²) in [5.41, 5.74) is 0.0403. The van der Waals surface area contributed by atoms with Gasteiger partial charge in [-0.15, -0.1) is 0 Å². The molecule has 2 aromatic rings. The molecule has 2 atom stereocenters. The molecular formula is C20H21F3N2O2. The van der Waals surface area contributed by atoms with Crippen LogP contribution in [0.3, 0.4) is 0 Å². The van der Waals surface area contributed by atoms with Crippen molar-refractivity contribution in [1.29, 1.82) is 0 Å². The summed E-state index contributed by atoms with van der Waals surface area (Å²) < 4.78 is 44.2. The molecule has 1 fully saturated rings. The van der Waals surface area contributed by atoms with Gasteiger partial charge in [-0.1, -0.05) is 36.4 Å². The van der Waals surface area contributed by atoms with Crippen molar-refractivity contribution in [3.63, 3.8) is 0 Å². The number of hydrogen-bond donors (Lipinski definition) is 2. The topological polar surface area (TPSA) is 50.4 Å². The van der Waals surface area contributed by atoms with E-state index in [9.17, 15) is 18.0 Å². The summed E-state index contributed by atoms with van der Waals surface area (Å²) in [6, 6.07) is 13.0. The Kier molecular flexibility index (Phi) is 6.13. The third-order valence-electron chi connectivity index (χ3n) is 4.43. The maximum absolute atomic E-state index is 12.9. The second kappa shape index (κ2) is 8.54. The van der Waals surface area contributed by atoms with Crippen molar-refractivity contribution in [2.24, 2.45) is 0 Å². The molecule has 0 radical (unpaired) electrons. The third kappa shape index (κ3) is 5.30. The zero-order valence-corrected chi connectivity index (χ0v) is 14.6. The van der Waals surface area contributed by atoms with Crippen molar-refractivity contribution in [2.45, 2.75) is 31.2 Å². The Balaban J connectivity index is 1.74. The molecule has 1 aliphatic heterocycles. The molecule has 2 aromatic carbocycles. The molecule has 27 heavy (non-hydrogen) atoms. The van der Waals surface area contributed by atoms with Gasteiger partial charge in [-0.05, 0) is 36.6 Å². The van der Waals surface area contributed by atoms with E-state index >= 15 is 0 Å². The lowest BCUT2D eigenvalue weighted by Crippen LogP contribution is -2.37. The van der Waals surface area contributed by atoms with Crippen LogP contribution in [0.25, 0.3) is 0 Å². The lowest BCUT2D eigenvalue weighted by atomic mass is 10.1. The van der Waals surface area contributed by atoms with Crippen LogP contribution in [0.4, 0.5) is 18.9 Å². The van der Waals surface area contributed by atoms with Gasteiger partial charge in [-0.3, -0.25) is 10.1 Å². The molecule has 7 heteroatoms. The fourth-order valence-corrected chi connectivity index (χ4v) is 3.05. The molecule has 0 saturated carbocycles. The van der Waals surface area contributed by atoms with E-state index < -0.39 is 23.7 Å². The maximum Gasteiger partial charge on any atom is 0.416 e. The molecule has 2 unspecified atom stereocenters. The van der Waals surface area contributed by atoms with E-state index in [0.29, 0.717) is 13.2 Å². The van der Waals surface area contributed by atoms with E-state index in [1.165, 1.54) is 12.1 Å². The Bertz CT molecular complexity index is 759. The average Bonchev–Trinajstić information content (AvgIpc) is 3.16. The fraction of sp³-hybridized carbons (Fsp3) is 0.350. The first kappa shape index (κ1) is 19.4. The van der Waals surface area contributed by atoms with Gasteiger partial charge in [-0.25, -0.2) is 0 Å². The van der Waals surface area contributed by atoms with E-state index in [1.807, 2.05) is 18.2 Å². The number of amides is 1. The summed E-state index contributed by atoms with van der Waals surface area (Å²) in [6.45, 7) is 1.20. The molecule has 3 rings (SSSR count). The first-order chi connectivity index (χ1) is 12.9. The van der Waals surface area contributed by atoms with Gasteiger partial charge < -0.3 is 10.1 Å². The lowest BCUT2D eigenvalue weighted by Gasteiger charge is -2.21. The van der Waals surface area contributed by atoms with Crippen LogP contribution in [-0.2, 0) is 15.7 Å². The van der Waals surface area contributed by atoms with Crippen LogP contribution in [0.1, 0.15) is 30.0 Å². The van der Waals surface area contributed by atoms with Crippen molar-refractivity contribution < 1.29 is 22.7 Å².